The number of nitrogens with zero attached hydrogens (tertiary/aromatic N) is 2. The third-order valence-electron chi connectivity index (χ3n) is 11.0. The number of hydrazone groups is 1. The van der Waals surface area contributed by atoms with E-state index < -0.39 is 0 Å². The fourth-order valence-electron chi connectivity index (χ4n) is 9.17. The first-order valence-corrected chi connectivity index (χ1v) is 13.7. The molecule has 188 valence electrons. The Balaban J connectivity index is 1.27. The number of hydrogen-bond donors (Lipinski definition) is 1. The van der Waals surface area contributed by atoms with E-state index in [4.69, 9.17) is 5.10 Å². The van der Waals surface area contributed by atoms with E-state index in [9.17, 15) is 14.3 Å². The number of rotatable bonds is 2. The summed E-state index contributed by atoms with van der Waals surface area (Å²) in [6.07, 6.45) is 12.0. The van der Waals surface area contributed by atoms with E-state index in [-0.39, 0.29) is 34.7 Å². The maximum absolute atomic E-state index is 13.5. The molecule has 8 atom stereocenters. The van der Waals surface area contributed by atoms with Gasteiger partial charge in [-0.3, -0.25) is 4.79 Å². The van der Waals surface area contributed by atoms with Crippen molar-refractivity contribution in [1.29, 1.82) is 0 Å². The maximum atomic E-state index is 13.5. The number of halogens is 1. The zero-order valence-corrected chi connectivity index (χ0v) is 21.3. The molecule has 0 saturated heterocycles. The standard InChI is InChI=1S/C30H39FN2O2/c1-18(34)33-28(19-4-7-21(31)8-5-19)17-27(32-33)26-11-10-24-23-9-6-20-16-22(35)12-14-29(20,2)25(23)13-15-30(24,26)3/h4-8,22-26,28,35H,9-17H2,1-3H3/t22-,23-,24-,25-,26+,28?,29-,30-/m0/s1. The molecule has 1 unspecified atom stereocenters. The van der Waals surface area contributed by atoms with Crippen molar-refractivity contribution in [2.45, 2.75) is 90.7 Å². The van der Waals surface area contributed by atoms with Gasteiger partial charge in [-0.2, -0.15) is 5.10 Å². The lowest BCUT2D eigenvalue weighted by Gasteiger charge is -2.58. The molecule has 1 heterocycles. The van der Waals surface area contributed by atoms with Crippen molar-refractivity contribution in [1.82, 2.24) is 5.01 Å². The van der Waals surface area contributed by atoms with E-state index in [2.05, 4.69) is 19.9 Å². The van der Waals surface area contributed by atoms with Gasteiger partial charge in [0, 0.05) is 25.0 Å². The molecule has 4 aliphatic carbocycles. The number of carbonyl (C=O) groups excluding carboxylic acids is 1. The Bertz CT molecular complexity index is 1080. The number of amides is 1. The SMILES string of the molecule is CC(=O)N1N=C([C@H]2CC[C@H]3[C@@H]4CC=C5C[C@@H](O)CC[C@]5(C)[C@H]4CC[C@]23C)CC1c1ccc(F)cc1. The summed E-state index contributed by atoms with van der Waals surface area (Å²) in [5.74, 6) is 2.23. The molecule has 6 rings (SSSR count). The first-order valence-electron chi connectivity index (χ1n) is 13.7. The Hall–Kier alpha value is -2.01. The van der Waals surface area contributed by atoms with Crippen molar-refractivity contribution in [3.05, 3.63) is 47.3 Å². The molecule has 0 bridgehead atoms. The third-order valence-corrected chi connectivity index (χ3v) is 11.0. The van der Waals surface area contributed by atoms with Crippen molar-refractivity contribution in [2.75, 3.05) is 0 Å². The topological polar surface area (TPSA) is 52.9 Å². The van der Waals surface area contributed by atoms with Gasteiger partial charge in [0.05, 0.1) is 12.1 Å². The second-order valence-electron chi connectivity index (χ2n) is 12.6. The number of carbonyl (C=O) groups is 1. The van der Waals surface area contributed by atoms with Crippen LogP contribution in [0.2, 0.25) is 0 Å². The van der Waals surface area contributed by atoms with Crippen LogP contribution in [0.4, 0.5) is 4.39 Å². The minimum absolute atomic E-state index is 0.0462. The lowest BCUT2D eigenvalue weighted by molar-refractivity contribution is -0.130. The Kier molecular flexibility index (Phi) is 5.52. The summed E-state index contributed by atoms with van der Waals surface area (Å²) in [7, 11) is 0. The predicted molar refractivity (Wildman–Crippen MR) is 135 cm³/mol. The number of fused-ring (bicyclic) bond motifs is 5. The summed E-state index contributed by atoms with van der Waals surface area (Å²) in [4.78, 5) is 12.5. The Morgan fingerprint density at radius 2 is 1.83 bits per heavy atom. The van der Waals surface area contributed by atoms with E-state index in [1.54, 1.807) is 24.1 Å². The third kappa shape index (κ3) is 3.55. The van der Waals surface area contributed by atoms with Gasteiger partial charge in [0.15, 0.2) is 0 Å². The van der Waals surface area contributed by atoms with Crippen molar-refractivity contribution < 1.29 is 14.3 Å². The van der Waals surface area contributed by atoms with Crippen molar-refractivity contribution in [3.8, 4) is 0 Å². The quantitative estimate of drug-likeness (QED) is 0.499. The Morgan fingerprint density at radius 1 is 1.06 bits per heavy atom. The minimum Gasteiger partial charge on any atom is -0.393 e. The highest BCUT2D eigenvalue weighted by Crippen LogP contribution is 2.66. The zero-order valence-electron chi connectivity index (χ0n) is 21.3. The summed E-state index contributed by atoms with van der Waals surface area (Å²) in [5, 5.41) is 16.9. The Morgan fingerprint density at radius 3 is 2.57 bits per heavy atom. The van der Waals surface area contributed by atoms with Gasteiger partial charge >= 0.3 is 0 Å². The first kappa shape index (κ1) is 23.4. The van der Waals surface area contributed by atoms with Crippen LogP contribution < -0.4 is 0 Å². The molecule has 3 fully saturated rings. The van der Waals surface area contributed by atoms with Gasteiger partial charge in [0.25, 0.3) is 0 Å². The first-order chi connectivity index (χ1) is 16.7. The molecule has 5 heteroatoms. The van der Waals surface area contributed by atoms with E-state index in [1.165, 1.54) is 42.7 Å². The van der Waals surface area contributed by atoms with E-state index in [0.29, 0.717) is 17.8 Å². The largest absolute Gasteiger partial charge is 0.393 e. The molecule has 4 nitrogen and oxygen atoms in total. The van der Waals surface area contributed by atoms with Gasteiger partial charge in [0.1, 0.15) is 5.82 Å². The summed E-state index contributed by atoms with van der Waals surface area (Å²) in [5.41, 5.74) is 4.13. The molecule has 1 aliphatic heterocycles. The molecule has 1 amide bonds. The van der Waals surface area contributed by atoms with Crippen LogP contribution in [0.5, 0.6) is 0 Å². The summed E-state index contributed by atoms with van der Waals surface area (Å²) in [6.45, 7) is 6.57. The molecule has 1 N–H and O–H groups in total. The zero-order chi connectivity index (χ0) is 24.5. The lowest BCUT2D eigenvalue weighted by Crippen LogP contribution is -2.51. The van der Waals surface area contributed by atoms with Gasteiger partial charge in [-0.15, -0.1) is 0 Å². The highest BCUT2D eigenvalue weighted by molar-refractivity contribution is 5.92. The van der Waals surface area contributed by atoms with Gasteiger partial charge in [-0.05, 0) is 97.6 Å². The number of aliphatic hydroxyl groups excluding tert-OH is 1. The number of hydrogen-bond acceptors (Lipinski definition) is 3. The van der Waals surface area contributed by atoms with E-state index >= 15 is 0 Å². The van der Waals surface area contributed by atoms with Crippen LogP contribution in [0.25, 0.3) is 0 Å². The molecule has 0 aromatic heterocycles. The van der Waals surface area contributed by atoms with Crippen LogP contribution in [0.15, 0.2) is 41.0 Å². The predicted octanol–water partition coefficient (Wildman–Crippen LogP) is 6.41. The summed E-state index contributed by atoms with van der Waals surface area (Å²) < 4.78 is 13.5. The van der Waals surface area contributed by atoms with Gasteiger partial charge in [-0.1, -0.05) is 37.6 Å². The highest BCUT2D eigenvalue weighted by Gasteiger charge is 2.59. The maximum Gasteiger partial charge on any atom is 0.240 e. The molecule has 35 heavy (non-hydrogen) atoms. The van der Waals surface area contributed by atoms with E-state index in [0.717, 1.165) is 50.0 Å². The molecule has 0 radical (unpaired) electrons. The number of allylic oxidation sites excluding steroid dienone is 1. The van der Waals surface area contributed by atoms with Crippen LogP contribution in [-0.4, -0.2) is 27.8 Å². The van der Waals surface area contributed by atoms with Crippen LogP contribution in [0, 0.1) is 40.3 Å². The monoisotopic (exact) mass is 478 g/mol. The fourth-order valence-corrected chi connectivity index (χ4v) is 9.17. The summed E-state index contributed by atoms with van der Waals surface area (Å²) in [6, 6.07) is 6.43. The number of benzene rings is 1. The fraction of sp³-hybridized carbons (Fsp3) is 0.667. The van der Waals surface area contributed by atoms with Crippen molar-refractivity contribution in [3.63, 3.8) is 0 Å². The molecule has 1 aromatic carbocycles. The average molecular weight is 479 g/mol. The highest BCUT2D eigenvalue weighted by atomic mass is 19.1. The van der Waals surface area contributed by atoms with Crippen molar-refractivity contribution >= 4 is 11.6 Å². The molecule has 3 saturated carbocycles. The van der Waals surface area contributed by atoms with Crippen LogP contribution >= 0.6 is 0 Å². The second kappa shape index (κ2) is 8.26. The van der Waals surface area contributed by atoms with Crippen LogP contribution in [0.1, 0.15) is 90.2 Å². The van der Waals surface area contributed by atoms with Crippen LogP contribution in [-0.2, 0) is 4.79 Å². The normalized spacial score (nSPS) is 42.6. The molecule has 1 aromatic rings. The molecular weight excluding hydrogens is 439 g/mol. The van der Waals surface area contributed by atoms with Crippen molar-refractivity contribution in [2.24, 2.45) is 39.6 Å². The van der Waals surface area contributed by atoms with Crippen LogP contribution in [0.3, 0.4) is 0 Å². The molecule has 0 spiro atoms. The average Bonchev–Trinajstić information content (AvgIpc) is 3.41. The lowest BCUT2D eigenvalue weighted by atomic mass is 9.47. The minimum atomic E-state index is -0.254. The molecule has 5 aliphatic rings. The smallest absolute Gasteiger partial charge is 0.240 e. The van der Waals surface area contributed by atoms with Gasteiger partial charge in [0.2, 0.25) is 5.91 Å². The second-order valence-corrected chi connectivity index (χ2v) is 12.6. The van der Waals surface area contributed by atoms with E-state index in [1.807, 2.05) is 0 Å². The van der Waals surface area contributed by atoms with Gasteiger partial charge < -0.3 is 5.11 Å². The van der Waals surface area contributed by atoms with Gasteiger partial charge in [-0.25, -0.2) is 9.40 Å². The number of aliphatic hydroxyl groups is 1. The molecular formula is C30H39FN2O2. The Labute approximate surface area is 208 Å². The summed E-state index contributed by atoms with van der Waals surface area (Å²) >= 11 is 0.